The maximum absolute atomic E-state index is 12.5. The van der Waals surface area contributed by atoms with E-state index >= 15 is 0 Å². The van der Waals surface area contributed by atoms with E-state index in [1.807, 2.05) is 0 Å². The molecule has 0 aromatic heterocycles. The Hall–Kier alpha value is -1.93. The molecule has 7 nitrogen and oxygen atoms in total. The van der Waals surface area contributed by atoms with Crippen molar-refractivity contribution in [2.75, 3.05) is 13.1 Å². The molecule has 3 atom stereocenters. The van der Waals surface area contributed by atoms with Crippen LogP contribution in [0.15, 0.2) is 29.2 Å². The summed E-state index contributed by atoms with van der Waals surface area (Å²) < 4.78 is 26.5. The largest absolute Gasteiger partial charge is 0.273 e. The van der Waals surface area contributed by atoms with Gasteiger partial charge in [0.1, 0.15) is 0 Å². The Bertz CT molecular complexity index is 847. The first-order valence-electron chi connectivity index (χ1n) is 10.1. The summed E-state index contributed by atoms with van der Waals surface area (Å²) in [5.41, 5.74) is 5.23. The summed E-state index contributed by atoms with van der Waals surface area (Å²) in [5, 5.41) is 0. The summed E-state index contributed by atoms with van der Waals surface area (Å²) in [7, 11) is -3.49. The lowest BCUT2D eigenvalue weighted by Gasteiger charge is -2.20. The monoisotopic (exact) mass is 405 g/mol. The van der Waals surface area contributed by atoms with Crippen LogP contribution in [0.3, 0.4) is 0 Å². The first-order chi connectivity index (χ1) is 13.4. The number of hydrogen-bond acceptors (Lipinski definition) is 4. The van der Waals surface area contributed by atoms with Crippen LogP contribution in [0.25, 0.3) is 0 Å². The van der Waals surface area contributed by atoms with Gasteiger partial charge in [-0.3, -0.25) is 20.4 Å². The van der Waals surface area contributed by atoms with Gasteiger partial charge in [-0.25, -0.2) is 8.42 Å². The third-order valence-corrected chi connectivity index (χ3v) is 8.38. The van der Waals surface area contributed by atoms with Gasteiger partial charge >= 0.3 is 0 Å². The number of fused-ring (bicyclic) bond motifs is 2. The van der Waals surface area contributed by atoms with E-state index < -0.39 is 15.9 Å². The summed E-state index contributed by atoms with van der Waals surface area (Å²) >= 11 is 0. The minimum absolute atomic E-state index is 0.167. The fourth-order valence-corrected chi connectivity index (χ4v) is 6.49. The van der Waals surface area contributed by atoms with E-state index in [4.69, 9.17) is 0 Å². The molecule has 2 bridgehead atoms. The number of rotatable bonds is 5. The fourth-order valence-electron chi connectivity index (χ4n) is 4.97. The SMILES string of the molecule is O=C(C[C@H]1C[C@H]2CC[C@@H]1C2)NNC(=O)c1ccc(S(=O)(=O)N2CCCC2)cc1. The molecule has 8 heteroatoms. The van der Waals surface area contributed by atoms with E-state index in [2.05, 4.69) is 10.9 Å². The van der Waals surface area contributed by atoms with Crippen LogP contribution in [-0.2, 0) is 14.8 Å². The summed E-state index contributed by atoms with van der Waals surface area (Å²) in [5.74, 6) is 1.26. The highest BCUT2D eigenvalue weighted by Gasteiger charge is 2.40. The second-order valence-corrected chi connectivity index (χ2v) is 10.2. The standard InChI is InChI=1S/C20H27N3O4S/c24-19(13-17-12-14-3-4-16(17)11-14)21-22-20(25)15-5-7-18(8-6-15)28(26,27)23-9-1-2-10-23/h5-8,14,16-17H,1-4,9-13H2,(H,21,24)(H,22,25)/t14-,16+,17+/m0/s1. The third-order valence-electron chi connectivity index (χ3n) is 6.47. The van der Waals surface area contributed by atoms with Gasteiger partial charge in [-0.1, -0.05) is 6.42 Å². The summed E-state index contributed by atoms with van der Waals surface area (Å²) in [6, 6.07) is 5.83. The van der Waals surface area contributed by atoms with Gasteiger partial charge < -0.3 is 0 Å². The highest BCUT2D eigenvalue weighted by Crippen LogP contribution is 2.49. The average molecular weight is 406 g/mol. The zero-order chi connectivity index (χ0) is 19.7. The maximum Gasteiger partial charge on any atom is 0.269 e. The van der Waals surface area contributed by atoms with Gasteiger partial charge in [-0.15, -0.1) is 0 Å². The van der Waals surface area contributed by atoms with Crippen molar-refractivity contribution < 1.29 is 18.0 Å². The lowest BCUT2D eigenvalue weighted by Crippen LogP contribution is -2.42. The Morgan fingerprint density at radius 2 is 1.71 bits per heavy atom. The van der Waals surface area contributed by atoms with Gasteiger partial charge in [0.05, 0.1) is 4.90 Å². The fraction of sp³-hybridized carbons (Fsp3) is 0.600. The normalized spacial score (nSPS) is 27.1. The Kier molecular flexibility index (Phi) is 5.42. The number of amides is 2. The van der Waals surface area contributed by atoms with Crippen molar-refractivity contribution in [3.63, 3.8) is 0 Å². The Labute approximate surface area is 165 Å². The van der Waals surface area contributed by atoms with Gasteiger partial charge in [0.15, 0.2) is 0 Å². The van der Waals surface area contributed by atoms with E-state index in [0.29, 0.717) is 36.9 Å². The molecule has 2 aliphatic carbocycles. The lowest BCUT2D eigenvalue weighted by atomic mass is 9.86. The van der Waals surface area contributed by atoms with Gasteiger partial charge in [-0.05, 0) is 74.1 Å². The number of carbonyl (C=O) groups is 2. The first-order valence-corrected chi connectivity index (χ1v) is 11.6. The molecule has 1 heterocycles. The summed E-state index contributed by atoms with van der Waals surface area (Å²) in [6.07, 6.45) is 7.10. The predicted octanol–water partition coefficient (Wildman–Crippen LogP) is 2.06. The average Bonchev–Trinajstić information content (AvgIpc) is 3.44. The van der Waals surface area contributed by atoms with Crippen molar-refractivity contribution in [1.29, 1.82) is 0 Å². The molecular formula is C20H27N3O4S. The second kappa shape index (κ2) is 7.83. The molecule has 3 aliphatic rings. The zero-order valence-electron chi connectivity index (χ0n) is 15.9. The number of sulfonamides is 1. The molecule has 0 radical (unpaired) electrons. The molecule has 2 saturated carbocycles. The highest BCUT2D eigenvalue weighted by molar-refractivity contribution is 7.89. The van der Waals surface area contributed by atoms with Crippen LogP contribution >= 0.6 is 0 Å². The molecule has 2 amide bonds. The molecule has 1 aromatic rings. The van der Waals surface area contributed by atoms with E-state index in [1.54, 1.807) is 0 Å². The molecule has 1 aromatic carbocycles. The van der Waals surface area contributed by atoms with Crippen molar-refractivity contribution in [2.45, 2.75) is 49.8 Å². The maximum atomic E-state index is 12.5. The quantitative estimate of drug-likeness (QED) is 0.733. The number of hydrogen-bond donors (Lipinski definition) is 2. The number of nitrogens with one attached hydrogen (secondary N) is 2. The van der Waals surface area contributed by atoms with Crippen LogP contribution in [0, 0.1) is 17.8 Å². The molecule has 2 N–H and O–H groups in total. The molecule has 152 valence electrons. The summed E-state index contributed by atoms with van der Waals surface area (Å²) in [4.78, 5) is 24.6. The van der Waals surface area contributed by atoms with E-state index in [9.17, 15) is 18.0 Å². The molecule has 1 aliphatic heterocycles. The van der Waals surface area contributed by atoms with Crippen molar-refractivity contribution in [2.24, 2.45) is 17.8 Å². The van der Waals surface area contributed by atoms with Crippen LogP contribution < -0.4 is 10.9 Å². The Morgan fingerprint density at radius 1 is 1.00 bits per heavy atom. The second-order valence-electron chi connectivity index (χ2n) is 8.28. The van der Waals surface area contributed by atoms with Gasteiger partial charge in [-0.2, -0.15) is 4.31 Å². The van der Waals surface area contributed by atoms with Crippen LogP contribution in [-0.4, -0.2) is 37.6 Å². The Morgan fingerprint density at radius 3 is 2.32 bits per heavy atom. The number of hydrazine groups is 1. The molecule has 0 spiro atoms. The van der Waals surface area contributed by atoms with Crippen LogP contribution in [0.1, 0.15) is 55.3 Å². The minimum atomic E-state index is -3.49. The van der Waals surface area contributed by atoms with Gasteiger partial charge in [0.25, 0.3) is 5.91 Å². The Balaban J connectivity index is 1.29. The number of benzene rings is 1. The van der Waals surface area contributed by atoms with Crippen molar-refractivity contribution >= 4 is 21.8 Å². The van der Waals surface area contributed by atoms with E-state index in [0.717, 1.165) is 25.2 Å². The van der Waals surface area contributed by atoms with Crippen molar-refractivity contribution in [3.05, 3.63) is 29.8 Å². The predicted molar refractivity (Wildman–Crippen MR) is 104 cm³/mol. The van der Waals surface area contributed by atoms with E-state index in [1.165, 1.54) is 47.8 Å². The molecule has 28 heavy (non-hydrogen) atoms. The minimum Gasteiger partial charge on any atom is -0.273 e. The molecule has 0 unspecified atom stereocenters. The van der Waals surface area contributed by atoms with Crippen LogP contribution in [0.4, 0.5) is 0 Å². The third kappa shape index (κ3) is 3.93. The van der Waals surface area contributed by atoms with Crippen LogP contribution in [0.5, 0.6) is 0 Å². The molecule has 1 saturated heterocycles. The number of nitrogens with zero attached hydrogens (tertiary/aromatic N) is 1. The van der Waals surface area contributed by atoms with Gasteiger partial charge in [0.2, 0.25) is 15.9 Å². The molecular weight excluding hydrogens is 378 g/mol. The first kappa shape index (κ1) is 19.4. The number of carbonyl (C=O) groups excluding carboxylic acids is 2. The van der Waals surface area contributed by atoms with Crippen LogP contribution in [0.2, 0.25) is 0 Å². The lowest BCUT2D eigenvalue weighted by molar-refractivity contribution is -0.123. The molecule has 3 fully saturated rings. The smallest absolute Gasteiger partial charge is 0.269 e. The van der Waals surface area contributed by atoms with Crippen molar-refractivity contribution in [3.8, 4) is 0 Å². The highest BCUT2D eigenvalue weighted by atomic mass is 32.2. The van der Waals surface area contributed by atoms with Crippen molar-refractivity contribution in [1.82, 2.24) is 15.2 Å². The summed E-state index contributed by atoms with van der Waals surface area (Å²) in [6.45, 7) is 1.08. The van der Waals surface area contributed by atoms with E-state index in [-0.39, 0.29) is 10.8 Å². The zero-order valence-corrected chi connectivity index (χ0v) is 16.7. The van der Waals surface area contributed by atoms with Gasteiger partial charge in [0, 0.05) is 25.1 Å². The molecule has 4 rings (SSSR count). The topological polar surface area (TPSA) is 95.6 Å².